The number of ketones is 1. The molecule has 0 aliphatic heterocycles. The minimum atomic E-state index is 0.169. The summed E-state index contributed by atoms with van der Waals surface area (Å²) in [7, 11) is 0. The number of nitrogens with zero attached hydrogens (tertiary/aromatic N) is 4. The monoisotopic (exact) mass is 373 g/mol. The van der Waals surface area contributed by atoms with Crippen molar-refractivity contribution in [3.63, 3.8) is 0 Å². The first-order valence-corrected chi connectivity index (χ1v) is 9.77. The van der Waals surface area contributed by atoms with Crippen molar-refractivity contribution >= 4 is 33.6 Å². The summed E-state index contributed by atoms with van der Waals surface area (Å²) >= 11 is 2.97. The molecule has 0 aliphatic carbocycles. The molecule has 3 aromatic rings. The quantitative estimate of drug-likeness (QED) is 0.580. The van der Waals surface area contributed by atoms with Crippen LogP contribution in [0.2, 0.25) is 0 Å². The van der Waals surface area contributed by atoms with E-state index in [1.54, 1.807) is 0 Å². The highest BCUT2D eigenvalue weighted by Gasteiger charge is 2.10. The first-order chi connectivity index (χ1) is 12.2. The van der Waals surface area contributed by atoms with Crippen LogP contribution in [0.3, 0.4) is 0 Å². The Balaban J connectivity index is 1.40. The van der Waals surface area contributed by atoms with Gasteiger partial charge >= 0.3 is 0 Å². The van der Waals surface area contributed by atoms with Gasteiger partial charge in [-0.25, -0.2) is 0 Å². The van der Waals surface area contributed by atoms with E-state index in [-0.39, 0.29) is 5.78 Å². The Morgan fingerprint density at radius 1 is 0.840 bits per heavy atom. The maximum Gasteiger partial charge on any atom is 0.203 e. The SMILES string of the molecule is Nc1nnc(CCCCc2nnc(CC(=O)Cc3ccccc3)s2)s1. The third-order valence-electron chi connectivity index (χ3n) is 3.61. The number of nitrogen functional groups attached to an aromatic ring is 1. The van der Waals surface area contributed by atoms with Gasteiger partial charge in [-0.3, -0.25) is 4.79 Å². The van der Waals surface area contributed by atoms with Gasteiger partial charge in [-0.2, -0.15) is 0 Å². The number of aryl methyl sites for hydroxylation is 2. The van der Waals surface area contributed by atoms with Crippen LogP contribution in [0.15, 0.2) is 30.3 Å². The molecule has 0 radical (unpaired) electrons. The summed E-state index contributed by atoms with van der Waals surface area (Å²) in [4.78, 5) is 12.1. The molecule has 0 unspecified atom stereocenters. The number of rotatable bonds is 9. The van der Waals surface area contributed by atoms with Crippen LogP contribution >= 0.6 is 22.7 Å². The smallest absolute Gasteiger partial charge is 0.203 e. The fourth-order valence-corrected chi connectivity index (χ4v) is 4.00. The molecule has 2 N–H and O–H groups in total. The van der Waals surface area contributed by atoms with Crippen LogP contribution in [-0.4, -0.2) is 26.2 Å². The van der Waals surface area contributed by atoms with Crippen molar-refractivity contribution in [2.45, 2.75) is 38.5 Å². The summed E-state index contributed by atoms with van der Waals surface area (Å²) in [5.74, 6) is 0.169. The summed E-state index contributed by atoms with van der Waals surface area (Å²) in [6.45, 7) is 0. The number of carbonyl (C=O) groups excluding carboxylic acids is 1. The van der Waals surface area contributed by atoms with Gasteiger partial charge in [-0.1, -0.05) is 41.7 Å². The van der Waals surface area contributed by atoms with Gasteiger partial charge in [-0.15, -0.1) is 31.7 Å². The number of unbranched alkanes of at least 4 members (excludes halogenated alkanes) is 1. The molecule has 25 heavy (non-hydrogen) atoms. The summed E-state index contributed by atoms with van der Waals surface area (Å²) in [5.41, 5.74) is 6.60. The topological polar surface area (TPSA) is 94.7 Å². The molecule has 0 amide bonds. The van der Waals surface area contributed by atoms with Crippen molar-refractivity contribution in [1.29, 1.82) is 0 Å². The van der Waals surface area contributed by atoms with Gasteiger partial charge in [0.15, 0.2) is 0 Å². The second-order valence-corrected chi connectivity index (χ2v) is 7.95. The molecule has 0 saturated carbocycles. The second kappa shape index (κ2) is 8.77. The molecule has 0 aliphatic rings. The number of benzene rings is 1. The van der Waals surface area contributed by atoms with Crippen LogP contribution < -0.4 is 5.73 Å². The molecular formula is C17H19N5OS2. The van der Waals surface area contributed by atoms with Gasteiger partial charge in [0.05, 0.1) is 6.42 Å². The van der Waals surface area contributed by atoms with Crippen molar-refractivity contribution in [3.8, 4) is 0 Å². The third-order valence-corrected chi connectivity index (χ3v) is 5.41. The molecule has 2 heterocycles. The first kappa shape index (κ1) is 17.6. The van der Waals surface area contributed by atoms with Gasteiger partial charge < -0.3 is 5.73 Å². The normalized spacial score (nSPS) is 10.9. The van der Waals surface area contributed by atoms with E-state index < -0.39 is 0 Å². The molecule has 0 fully saturated rings. The second-order valence-electron chi connectivity index (χ2n) is 5.71. The van der Waals surface area contributed by atoms with E-state index in [0.717, 1.165) is 46.3 Å². The molecule has 3 rings (SSSR count). The lowest BCUT2D eigenvalue weighted by Crippen LogP contribution is -2.06. The molecule has 1 aromatic carbocycles. The van der Waals surface area contributed by atoms with Crippen molar-refractivity contribution in [3.05, 3.63) is 50.9 Å². The van der Waals surface area contributed by atoms with E-state index in [4.69, 9.17) is 5.73 Å². The Bertz CT molecular complexity index is 815. The number of hydrogen-bond donors (Lipinski definition) is 1. The highest BCUT2D eigenvalue weighted by molar-refractivity contribution is 7.15. The molecule has 8 heteroatoms. The van der Waals surface area contributed by atoms with Gasteiger partial charge in [0, 0.05) is 19.3 Å². The lowest BCUT2D eigenvalue weighted by atomic mass is 10.1. The van der Waals surface area contributed by atoms with Crippen LogP contribution in [0, 0.1) is 0 Å². The highest BCUT2D eigenvalue weighted by atomic mass is 32.1. The van der Waals surface area contributed by atoms with Crippen LogP contribution in [0.1, 0.15) is 33.4 Å². The van der Waals surface area contributed by atoms with Gasteiger partial charge in [-0.05, 0) is 18.4 Å². The average Bonchev–Trinajstić information content (AvgIpc) is 3.21. The predicted octanol–water partition coefficient (Wildman–Crippen LogP) is 2.89. The Labute approximate surface area is 154 Å². The van der Waals surface area contributed by atoms with E-state index in [0.29, 0.717) is 18.0 Å². The maximum absolute atomic E-state index is 12.1. The first-order valence-electron chi connectivity index (χ1n) is 8.14. The standard InChI is InChI=1S/C17H19N5OS2/c18-17-22-20-15(25-17)9-5-4-8-14-19-21-16(24-14)11-13(23)10-12-6-2-1-3-7-12/h1-3,6-7H,4-5,8-11H2,(H2,18,22). The Morgan fingerprint density at radius 2 is 1.48 bits per heavy atom. The van der Waals surface area contributed by atoms with Crippen LogP contribution in [0.25, 0.3) is 0 Å². The summed E-state index contributed by atoms with van der Waals surface area (Å²) in [5, 5.41) is 19.4. The van der Waals surface area contributed by atoms with Crippen molar-refractivity contribution in [2.75, 3.05) is 5.73 Å². The Morgan fingerprint density at radius 3 is 2.16 bits per heavy atom. The van der Waals surface area contributed by atoms with Crippen molar-refractivity contribution in [2.24, 2.45) is 0 Å². The fourth-order valence-electron chi connectivity index (χ4n) is 2.44. The minimum Gasteiger partial charge on any atom is -0.374 e. The van der Waals surface area contributed by atoms with E-state index in [1.807, 2.05) is 30.3 Å². The van der Waals surface area contributed by atoms with E-state index in [1.165, 1.54) is 22.7 Å². The van der Waals surface area contributed by atoms with Crippen molar-refractivity contribution < 1.29 is 4.79 Å². The minimum absolute atomic E-state index is 0.169. The number of nitrogens with two attached hydrogens (primary N) is 1. The Kier molecular flexibility index (Phi) is 6.19. The van der Waals surface area contributed by atoms with Gasteiger partial charge in [0.2, 0.25) is 5.13 Å². The van der Waals surface area contributed by atoms with Crippen LogP contribution in [-0.2, 0) is 30.5 Å². The molecular weight excluding hydrogens is 354 g/mol. The van der Waals surface area contributed by atoms with Gasteiger partial charge in [0.25, 0.3) is 0 Å². The predicted molar refractivity (Wildman–Crippen MR) is 99.7 cm³/mol. The fraction of sp³-hybridized carbons (Fsp3) is 0.353. The molecule has 6 nitrogen and oxygen atoms in total. The average molecular weight is 374 g/mol. The lowest BCUT2D eigenvalue weighted by molar-refractivity contribution is -0.117. The number of hydrogen-bond acceptors (Lipinski definition) is 8. The zero-order chi connectivity index (χ0) is 17.5. The van der Waals surface area contributed by atoms with Crippen molar-refractivity contribution in [1.82, 2.24) is 20.4 Å². The van der Waals surface area contributed by atoms with E-state index in [9.17, 15) is 4.79 Å². The van der Waals surface area contributed by atoms with Gasteiger partial charge in [0.1, 0.15) is 20.8 Å². The van der Waals surface area contributed by atoms with E-state index in [2.05, 4.69) is 20.4 Å². The molecule has 130 valence electrons. The lowest BCUT2D eigenvalue weighted by Gasteiger charge is -1.98. The molecule has 0 saturated heterocycles. The molecule has 0 spiro atoms. The summed E-state index contributed by atoms with van der Waals surface area (Å²) < 4.78 is 0. The number of Topliss-reactive ketones (excluding diaryl/α,β-unsaturated/α-hetero) is 1. The third kappa shape index (κ3) is 5.68. The van der Waals surface area contributed by atoms with E-state index >= 15 is 0 Å². The molecule has 0 atom stereocenters. The summed E-state index contributed by atoms with van der Waals surface area (Å²) in [6.07, 6.45) is 4.58. The zero-order valence-corrected chi connectivity index (χ0v) is 15.4. The largest absolute Gasteiger partial charge is 0.374 e. The Hall–Kier alpha value is -2.19. The molecule has 2 aromatic heterocycles. The van der Waals surface area contributed by atoms with Crippen LogP contribution in [0.4, 0.5) is 5.13 Å². The van der Waals surface area contributed by atoms with Crippen LogP contribution in [0.5, 0.6) is 0 Å². The number of aromatic nitrogens is 4. The maximum atomic E-state index is 12.1. The molecule has 0 bridgehead atoms. The number of anilines is 1. The highest BCUT2D eigenvalue weighted by Crippen LogP contribution is 2.17. The number of carbonyl (C=O) groups is 1. The zero-order valence-electron chi connectivity index (χ0n) is 13.7. The summed E-state index contributed by atoms with van der Waals surface area (Å²) in [6, 6.07) is 9.78.